The summed E-state index contributed by atoms with van der Waals surface area (Å²) in [4.78, 5) is 13.0. The Balaban J connectivity index is 1.78. The van der Waals surface area contributed by atoms with E-state index < -0.39 is 0 Å². The van der Waals surface area contributed by atoms with Gasteiger partial charge in [-0.15, -0.1) is 11.3 Å². The lowest BCUT2D eigenvalue weighted by atomic mass is 10.2. The van der Waals surface area contributed by atoms with Crippen molar-refractivity contribution in [3.63, 3.8) is 0 Å². The summed E-state index contributed by atoms with van der Waals surface area (Å²) in [6.45, 7) is 0. The van der Waals surface area contributed by atoms with E-state index in [2.05, 4.69) is 10.6 Å². The lowest BCUT2D eigenvalue weighted by Gasteiger charge is -2.12. The summed E-state index contributed by atoms with van der Waals surface area (Å²) in [6.07, 6.45) is 0. The summed E-state index contributed by atoms with van der Waals surface area (Å²) in [5.41, 5.74) is 0.660. The first kappa shape index (κ1) is 18.4. The molecule has 134 valence electrons. The zero-order valence-corrected chi connectivity index (χ0v) is 16.3. The van der Waals surface area contributed by atoms with Gasteiger partial charge in [-0.25, -0.2) is 0 Å². The van der Waals surface area contributed by atoms with Crippen LogP contribution in [0.25, 0.3) is 10.1 Å². The molecule has 1 amide bonds. The molecule has 0 spiro atoms. The Kier molecular flexibility index (Phi) is 5.61. The topological polar surface area (TPSA) is 59.6 Å². The summed E-state index contributed by atoms with van der Waals surface area (Å²) in [5.74, 6) is 0.953. The second-order valence-corrected chi connectivity index (χ2v) is 7.05. The Morgan fingerprint density at radius 3 is 2.65 bits per heavy atom. The van der Waals surface area contributed by atoms with Crippen LogP contribution in [0.5, 0.6) is 11.5 Å². The minimum absolute atomic E-state index is 0.158. The van der Waals surface area contributed by atoms with Crippen molar-refractivity contribution < 1.29 is 14.3 Å². The van der Waals surface area contributed by atoms with Gasteiger partial charge in [-0.05, 0) is 42.5 Å². The highest BCUT2D eigenvalue weighted by molar-refractivity contribution is 7.80. The van der Waals surface area contributed by atoms with E-state index in [0.29, 0.717) is 27.1 Å². The Labute approximate surface area is 164 Å². The monoisotopic (exact) mass is 406 g/mol. The molecule has 0 saturated heterocycles. The number of rotatable bonds is 4. The molecule has 3 aromatic rings. The number of methoxy groups -OCH3 is 2. The molecule has 0 unspecified atom stereocenters. The first-order chi connectivity index (χ1) is 12.5. The van der Waals surface area contributed by atoms with Gasteiger partial charge < -0.3 is 14.8 Å². The number of nitrogens with one attached hydrogen (secondary N) is 2. The van der Waals surface area contributed by atoms with Gasteiger partial charge in [-0.3, -0.25) is 10.1 Å². The van der Waals surface area contributed by atoms with Gasteiger partial charge >= 0.3 is 0 Å². The van der Waals surface area contributed by atoms with Crippen molar-refractivity contribution in [1.82, 2.24) is 5.32 Å². The molecule has 1 heterocycles. The average Bonchev–Trinajstić information content (AvgIpc) is 2.98. The van der Waals surface area contributed by atoms with Crippen molar-refractivity contribution in [2.24, 2.45) is 0 Å². The van der Waals surface area contributed by atoms with Crippen molar-refractivity contribution in [1.29, 1.82) is 0 Å². The predicted octanol–water partition coefficient (Wildman–Crippen LogP) is 4.70. The number of ether oxygens (including phenoxy) is 2. The van der Waals surface area contributed by atoms with E-state index in [1.54, 1.807) is 32.4 Å². The molecule has 0 bridgehead atoms. The van der Waals surface area contributed by atoms with Gasteiger partial charge in [0.1, 0.15) is 16.4 Å². The fourth-order valence-corrected chi connectivity index (χ4v) is 4.02. The normalized spacial score (nSPS) is 10.4. The van der Waals surface area contributed by atoms with E-state index in [0.717, 1.165) is 10.1 Å². The molecule has 0 saturated carbocycles. The summed E-state index contributed by atoms with van der Waals surface area (Å²) in [6, 6.07) is 12.8. The molecule has 0 aliphatic heterocycles. The van der Waals surface area contributed by atoms with Crippen LogP contribution >= 0.6 is 35.2 Å². The van der Waals surface area contributed by atoms with Gasteiger partial charge in [-0.2, -0.15) is 0 Å². The van der Waals surface area contributed by atoms with Crippen molar-refractivity contribution in [2.75, 3.05) is 19.5 Å². The first-order valence-corrected chi connectivity index (χ1v) is 9.15. The van der Waals surface area contributed by atoms with Crippen LogP contribution in [0, 0.1) is 0 Å². The first-order valence-electron chi connectivity index (χ1n) is 7.55. The summed E-state index contributed by atoms with van der Waals surface area (Å²) >= 11 is 12.9. The maximum absolute atomic E-state index is 12.6. The molecule has 0 fully saturated rings. The van der Waals surface area contributed by atoms with Crippen LogP contribution in [0.1, 0.15) is 9.67 Å². The molecule has 8 heteroatoms. The van der Waals surface area contributed by atoms with Crippen LogP contribution in [0.3, 0.4) is 0 Å². The average molecular weight is 407 g/mol. The number of carbonyl (C=O) groups excluding carboxylic acids is 1. The number of hydrogen-bond donors (Lipinski definition) is 2. The third-order valence-corrected chi connectivity index (χ3v) is 5.49. The maximum Gasteiger partial charge on any atom is 0.269 e. The number of carbonyl (C=O) groups is 1. The third kappa shape index (κ3) is 3.75. The van der Waals surface area contributed by atoms with Crippen molar-refractivity contribution in [2.45, 2.75) is 0 Å². The van der Waals surface area contributed by atoms with Crippen LogP contribution in [0.4, 0.5) is 5.69 Å². The molecule has 0 atom stereocenters. The van der Waals surface area contributed by atoms with Gasteiger partial charge in [0.25, 0.3) is 5.91 Å². The second-order valence-electron chi connectivity index (χ2n) is 5.22. The standard InChI is InChI=1S/C18H15ClN2O3S2/c1-23-10-7-8-11-14(9-10)26-16(15(11)19)17(22)21-18(25)20-12-5-3-4-6-13(12)24-2/h3-9H,1-2H3,(H2,20,21,22,25). The highest BCUT2D eigenvalue weighted by atomic mass is 35.5. The Bertz CT molecular complexity index is 988. The Hall–Kier alpha value is -2.35. The fraction of sp³-hybridized carbons (Fsp3) is 0.111. The van der Waals surface area contributed by atoms with Crippen molar-refractivity contribution in [3.8, 4) is 11.5 Å². The molecular formula is C18H15ClN2O3S2. The third-order valence-electron chi connectivity index (χ3n) is 3.63. The maximum atomic E-state index is 12.6. The zero-order chi connectivity index (χ0) is 18.7. The molecule has 26 heavy (non-hydrogen) atoms. The Morgan fingerprint density at radius 1 is 1.15 bits per heavy atom. The minimum atomic E-state index is -0.373. The minimum Gasteiger partial charge on any atom is -0.497 e. The fourth-order valence-electron chi connectivity index (χ4n) is 2.38. The van der Waals surface area contributed by atoms with Gasteiger partial charge in [0.2, 0.25) is 0 Å². The molecule has 0 aliphatic rings. The van der Waals surface area contributed by atoms with E-state index in [1.807, 2.05) is 24.3 Å². The van der Waals surface area contributed by atoms with Crippen LogP contribution in [-0.2, 0) is 0 Å². The van der Waals surface area contributed by atoms with E-state index in [-0.39, 0.29) is 11.0 Å². The van der Waals surface area contributed by atoms with Crippen LogP contribution in [-0.4, -0.2) is 25.2 Å². The number of amides is 1. The van der Waals surface area contributed by atoms with Crippen LogP contribution in [0.15, 0.2) is 42.5 Å². The van der Waals surface area contributed by atoms with Crippen LogP contribution < -0.4 is 20.1 Å². The van der Waals surface area contributed by atoms with Gasteiger partial charge in [-0.1, -0.05) is 23.7 Å². The quantitative estimate of drug-likeness (QED) is 0.615. The van der Waals surface area contributed by atoms with E-state index in [4.69, 9.17) is 33.3 Å². The van der Waals surface area contributed by atoms with Gasteiger partial charge in [0.15, 0.2) is 5.11 Å². The highest BCUT2D eigenvalue weighted by Crippen LogP contribution is 2.37. The van der Waals surface area contributed by atoms with Crippen molar-refractivity contribution >= 4 is 61.9 Å². The number of anilines is 1. The number of thiophene rings is 1. The Morgan fingerprint density at radius 2 is 1.92 bits per heavy atom. The highest BCUT2D eigenvalue weighted by Gasteiger charge is 2.19. The summed E-state index contributed by atoms with van der Waals surface area (Å²) in [5, 5.41) is 6.95. The number of benzene rings is 2. The molecule has 0 aliphatic carbocycles. The van der Waals surface area contributed by atoms with E-state index >= 15 is 0 Å². The second kappa shape index (κ2) is 7.90. The predicted molar refractivity (Wildman–Crippen MR) is 110 cm³/mol. The molecule has 2 N–H and O–H groups in total. The number of halogens is 1. The molecule has 5 nitrogen and oxygen atoms in total. The SMILES string of the molecule is COc1ccc2c(Cl)c(C(=O)NC(=S)Nc3ccccc3OC)sc2c1. The zero-order valence-electron chi connectivity index (χ0n) is 14.0. The molecule has 1 aromatic heterocycles. The lowest BCUT2D eigenvalue weighted by molar-refractivity contribution is 0.0982. The largest absolute Gasteiger partial charge is 0.497 e. The lowest BCUT2D eigenvalue weighted by Crippen LogP contribution is -2.33. The molecule has 2 aromatic carbocycles. The summed E-state index contributed by atoms with van der Waals surface area (Å²) in [7, 11) is 3.15. The summed E-state index contributed by atoms with van der Waals surface area (Å²) < 4.78 is 11.3. The van der Waals surface area contributed by atoms with Crippen molar-refractivity contribution in [3.05, 3.63) is 52.4 Å². The number of para-hydroxylation sites is 2. The number of thiocarbonyl (C=S) groups is 1. The van der Waals surface area contributed by atoms with Gasteiger partial charge in [0, 0.05) is 10.1 Å². The van der Waals surface area contributed by atoms with Crippen LogP contribution in [0.2, 0.25) is 5.02 Å². The number of fused-ring (bicyclic) bond motifs is 1. The molecular weight excluding hydrogens is 392 g/mol. The molecule has 3 rings (SSSR count). The number of hydrogen-bond acceptors (Lipinski definition) is 5. The van der Waals surface area contributed by atoms with Gasteiger partial charge in [0.05, 0.1) is 24.9 Å². The smallest absolute Gasteiger partial charge is 0.269 e. The van der Waals surface area contributed by atoms with E-state index in [9.17, 15) is 4.79 Å². The molecule has 0 radical (unpaired) electrons. The van der Waals surface area contributed by atoms with E-state index in [1.165, 1.54) is 11.3 Å².